The quantitative estimate of drug-likeness (QED) is 0.416. The standard InChI is InChI=1S/C17H26F6O2/c1-9-6-12(10(9)2)4-5-13-11(3)14(13)15(24-7-16(18,19)20)25-8-17(21,22)23/h9-15H,4-8H2,1-3H3/t9?,10?,11-,12?,13?,14?/m1/s1. The van der Waals surface area contributed by atoms with Gasteiger partial charge in [-0.15, -0.1) is 0 Å². The molecule has 0 radical (unpaired) electrons. The minimum Gasteiger partial charge on any atom is -0.343 e. The van der Waals surface area contributed by atoms with Crippen molar-refractivity contribution < 1.29 is 35.8 Å². The highest BCUT2D eigenvalue weighted by Crippen LogP contribution is 2.54. The molecule has 0 spiro atoms. The Kier molecular flexibility index (Phi) is 6.35. The SMILES string of the molecule is CC1CC(CCC2C(C(OCC(F)(F)F)OCC(F)(F)F)[C@@H]2C)C1C. The van der Waals surface area contributed by atoms with Crippen LogP contribution in [-0.2, 0) is 9.47 Å². The molecule has 0 amide bonds. The third kappa shape index (κ3) is 6.01. The fraction of sp³-hybridized carbons (Fsp3) is 1.00. The summed E-state index contributed by atoms with van der Waals surface area (Å²) in [5.41, 5.74) is 0. The molecule has 2 fully saturated rings. The average molecular weight is 376 g/mol. The molecule has 2 nitrogen and oxygen atoms in total. The van der Waals surface area contributed by atoms with Crippen molar-refractivity contribution in [2.75, 3.05) is 13.2 Å². The summed E-state index contributed by atoms with van der Waals surface area (Å²) < 4.78 is 83.4. The number of hydrogen-bond donors (Lipinski definition) is 0. The van der Waals surface area contributed by atoms with Gasteiger partial charge in [-0.1, -0.05) is 20.8 Å². The van der Waals surface area contributed by atoms with Gasteiger partial charge >= 0.3 is 12.4 Å². The van der Waals surface area contributed by atoms with Crippen molar-refractivity contribution in [1.29, 1.82) is 0 Å². The number of ether oxygens (including phenoxy) is 2. The van der Waals surface area contributed by atoms with Crippen LogP contribution in [0.4, 0.5) is 26.3 Å². The zero-order valence-electron chi connectivity index (χ0n) is 14.7. The van der Waals surface area contributed by atoms with Crippen molar-refractivity contribution >= 4 is 0 Å². The Bertz CT molecular complexity index is 418. The Morgan fingerprint density at radius 2 is 1.36 bits per heavy atom. The molecule has 0 N–H and O–H groups in total. The molecule has 0 aliphatic heterocycles. The van der Waals surface area contributed by atoms with Crippen LogP contribution in [0.3, 0.4) is 0 Å². The Morgan fingerprint density at radius 3 is 1.76 bits per heavy atom. The summed E-state index contributed by atoms with van der Waals surface area (Å²) >= 11 is 0. The van der Waals surface area contributed by atoms with Gasteiger partial charge in [0.15, 0.2) is 6.29 Å². The van der Waals surface area contributed by atoms with Crippen molar-refractivity contribution in [2.24, 2.45) is 35.5 Å². The first kappa shape index (κ1) is 20.8. The van der Waals surface area contributed by atoms with Crippen LogP contribution in [0.2, 0.25) is 0 Å². The largest absolute Gasteiger partial charge is 0.411 e. The number of alkyl halides is 6. The Morgan fingerprint density at radius 1 is 0.840 bits per heavy atom. The zero-order chi connectivity index (χ0) is 19.0. The molecule has 5 unspecified atom stereocenters. The van der Waals surface area contributed by atoms with E-state index < -0.39 is 37.8 Å². The second-order valence-corrected chi connectivity index (χ2v) is 7.73. The minimum absolute atomic E-state index is 0.0132. The van der Waals surface area contributed by atoms with E-state index >= 15 is 0 Å². The van der Waals surface area contributed by atoms with Crippen molar-refractivity contribution in [2.45, 2.75) is 58.7 Å². The molecule has 0 heterocycles. The highest BCUT2D eigenvalue weighted by molar-refractivity contribution is 4.97. The smallest absolute Gasteiger partial charge is 0.343 e. The van der Waals surface area contributed by atoms with Gasteiger partial charge in [0.25, 0.3) is 0 Å². The monoisotopic (exact) mass is 376 g/mol. The molecule has 2 rings (SSSR count). The fourth-order valence-electron chi connectivity index (χ4n) is 4.07. The lowest BCUT2D eigenvalue weighted by Gasteiger charge is -2.41. The minimum atomic E-state index is -4.59. The van der Waals surface area contributed by atoms with Gasteiger partial charge in [-0.05, 0) is 48.9 Å². The van der Waals surface area contributed by atoms with Gasteiger partial charge in [-0.25, -0.2) is 0 Å². The second kappa shape index (κ2) is 7.62. The molecule has 6 atom stereocenters. The molecular formula is C17H26F6O2. The number of halogens is 6. The van der Waals surface area contributed by atoms with Gasteiger partial charge in [0.1, 0.15) is 13.2 Å². The maximum atomic E-state index is 12.4. The van der Waals surface area contributed by atoms with E-state index in [-0.39, 0.29) is 11.8 Å². The lowest BCUT2D eigenvalue weighted by molar-refractivity contribution is -0.265. The van der Waals surface area contributed by atoms with E-state index in [2.05, 4.69) is 23.3 Å². The topological polar surface area (TPSA) is 18.5 Å². The molecule has 2 saturated carbocycles. The maximum absolute atomic E-state index is 12.4. The fourth-order valence-corrected chi connectivity index (χ4v) is 4.07. The van der Waals surface area contributed by atoms with Gasteiger partial charge in [-0.3, -0.25) is 0 Å². The normalized spacial score (nSPS) is 35.8. The van der Waals surface area contributed by atoms with Gasteiger partial charge in [0.05, 0.1) is 0 Å². The van der Waals surface area contributed by atoms with Crippen LogP contribution in [0.1, 0.15) is 40.0 Å². The Labute approximate surface area is 144 Å². The van der Waals surface area contributed by atoms with Crippen LogP contribution < -0.4 is 0 Å². The van der Waals surface area contributed by atoms with Crippen LogP contribution in [0.5, 0.6) is 0 Å². The van der Waals surface area contributed by atoms with E-state index in [1.807, 2.05) is 6.92 Å². The molecule has 0 saturated heterocycles. The summed E-state index contributed by atoms with van der Waals surface area (Å²) in [4.78, 5) is 0. The highest BCUT2D eigenvalue weighted by Gasteiger charge is 2.53. The maximum Gasteiger partial charge on any atom is 0.411 e. The predicted octanol–water partition coefficient (Wildman–Crippen LogP) is 5.42. The third-order valence-electron chi connectivity index (χ3n) is 5.96. The molecule has 0 aromatic carbocycles. The van der Waals surface area contributed by atoms with Crippen LogP contribution in [0, 0.1) is 35.5 Å². The lowest BCUT2D eigenvalue weighted by atomic mass is 9.65. The van der Waals surface area contributed by atoms with E-state index in [1.165, 1.54) is 0 Å². The van der Waals surface area contributed by atoms with Crippen molar-refractivity contribution in [1.82, 2.24) is 0 Å². The van der Waals surface area contributed by atoms with Crippen molar-refractivity contribution in [3.63, 3.8) is 0 Å². The molecular weight excluding hydrogens is 350 g/mol. The van der Waals surface area contributed by atoms with Gasteiger partial charge in [-0.2, -0.15) is 26.3 Å². The molecule has 2 aliphatic rings. The van der Waals surface area contributed by atoms with Gasteiger partial charge in [0.2, 0.25) is 0 Å². The number of hydrogen-bond acceptors (Lipinski definition) is 2. The second-order valence-electron chi connectivity index (χ2n) is 7.73. The van der Waals surface area contributed by atoms with Crippen LogP contribution in [-0.4, -0.2) is 31.9 Å². The zero-order valence-corrected chi connectivity index (χ0v) is 14.7. The predicted molar refractivity (Wildman–Crippen MR) is 79.6 cm³/mol. The van der Waals surface area contributed by atoms with Crippen LogP contribution in [0.25, 0.3) is 0 Å². The molecule has 0 aromatic rings. The van der Waals surface area contributed by atoms with Crippen LogP contribution in [0.15, 0.2) is 0 Å². The van der Waals surface area contributed by atoms with E-state index in [9.17, 15) is 26.3 Å². The summed E-state index contributed by atoms with van der Waals surface area (Å²) in [5.74, 6) is 1.60. The average Bonchev–Trinajstić information content (AvgIpc) is 3.10. The van der Waals surface area contributed by atoms with Crippen LogP contribution >= 0.6 is 0 Å². The van der Waals surface area contributed by atoms with E-state index in [0.717, 1.165) is 19.3 Å². The summed E-state index contributed by atoms with van der Waals surface area (Å²) in [6.45, 7) is 3.03. The Hall–Kier alpha value is -0.500. The van der Waals surface area contributed by atoms with Crippen molar-refractivity contribution in [3.8, 4) is 0 Å². The first-order chi connectivity index (χ1) is 11.4. The number of rotatable bonds is 8. The lowest BCUT2D eigenvalue weighted by Crippen LogP contribution is -2.33. The van der Waals surface area contributed by atoms with E-state index in [4.69, 9.17) is 0 Å². The van der Waals surface area contributed by atoms with E-state index in [0.29, 0.717) is 17.8 Å². The first-order valence-corrected chi connectivity index (χ1v) is 8.75. The summed E-state index contributed by atoms with van der Waals surface area (Å²) in [6.07, 6.45) is -7.74. The summed E-state index contributed by atoms with van der Waals surface area (Å²) in [7, 11) is 0. The summed E-state index contributed by atoms with van der Waals surface area (Å²) in [5, 5.41) is 0. The van der Waals surface area contributed by atoms with Crippen molar-refractivity contribution in [3.05, 3.63) is 0 Å². The first-order valence-electron chi connectivity index (χ1n) is 8.75. The molecule has 148 valence electrons. The summed E-state index contributed by atoms with van der Waals surface area (Å²) in [6, 6.07) is 0. The molecule has 0 bridgehead atoms. The van der Waals surface area contributed by atoms with Gasteiger partial charge in [0, 0.05) is 5.92 Å². The third-order valence-corrected chi connectivity index (χ3v) is 5.96. The molecule has 8 heteroatoms. The van der Waals surface area contributed by atoms with E-state index in [1.54, 1.807) is 0 Å². The Balaban J connectivity index is 1.85. The molecule has 25 heavy (non-hydrogen) atoms. The van der Waals surface area contributed by atoms with Gasteiger partial charge < -0.3 is 9.47 Å². The molecule has 0 aromatic heterocycles. The highest BCUT2D eigenvalue weighted by atomic mass is 19.4. The molecule has 2 aliphatic carbocycles.